The van der Waals surface area contributed by atoms with Gasteiger partial charge in [0.05, 0.1) is 24.3 Å². The van der Waals surface area contributed by atoms with Gasteiger partial charge in [0, 0.05) is 5.69 Å². The molecule has 0 saturated heterocycles. The first-order chi connectivity index (χ1) is 11.6. The summed E-state index contributed by atoms with van der Waals surface area (Å²) in [5, 5.41) is 0. The normalized spacial score (nSPS) is 10.2. The Hall–Kier alpha value is -2.82. The van der Waals surface area contributed by atoms with Crippen LogP contribution in [0.3, 0.4) is 0 Å². The minimum Gasteiger partial charge on any atom is -0.462 e. The van der Waals surface area contributed by atoms with Crippen LogP contribution < -0.4 is 5.73 Å². The van der Waals surface area contributed by atoms with Crippen molar-refractivity contribution >= 4 is 17.6 Å². The van der Waals surface area contributed by atoms with Crippen LogP contribution >= 0.6 is 0 Å². The average Bonchev–Trinajstić information content (AvgIpc) is 2.58. The molecule has 0 heterocycles. The maximum Gasteiger partial charge on any atom is 0.338 e. The fourth-order valence-corrected chi connectivity index (χ4v) is 2.01. The van der Waals surface area contributed by atoms with E-state index in [9.17, 15) is 9.59 Å². The zero-order valence-electron chi connectivity index (χ0n) is 13.7. The first-order valence-corrected chi connectivity index (χ1v) is 7.83. The van der Waals surface area contributed by atoms with Gasteiger partial charge in [-0.2, -0.15) is 0 Å². The Balaban J connectivity index is 1.61. The Bertz CT molecular complexity index is 616. The molecular formula is C19H21NO4. The monoisotopic (exact) mass is 327 g/mol. The van der Waals surface area contributed by atoms with Gasteiger partial charge in [0.2, 0.25) is 0 Å². The van der Waals surface area contributed by atoms with Gasteiger partial charge in [0.15, 0.2) is 0 Å². The second-order valence-corrected chi connectivity index (χ2v) is 5.47. The van der Waals surface area contributed by atoms with Gasteiger partial charge < -0.3 is 15.2 Å². The number of carbonyl (C=O) groups excluding carboxylic acids is 2. The highest BCUT2D eigenvalue weighted by Gasteiger charge is 2.08. The predicted molar refractivity (Wildman–Crippen MR) is 91.8 cm³/mol. The number of nitrogen functional groups attached to an aromatic ring is 1. The smallest absolute Gasteiger partial charge is 0.338 e. The minimum atomic E-state index is -0.383. The number of unbranched alkanes of at least 4 members (excludes halogenated alkanes) is 1. The van der Waals surface area contributed by atoms with E-state index in [1.165, 1.54) is 0 Å². The van der Waals surface area contributed by atoms with Crippen molar-refractivity contribution in [3.05, 3.63) is 65.2 Å². The number of esters is 2. The Kier molecular flexibility index (Phi) is 6.37. The molecule has 2 aromatic carbocycles. The van der Waals surface area contributed by atoms with Crippen LogP contribution in [0.4, 0.5) is 5.69 Å². The maximum atomic E-state index is 11.8. The zero-order chi connectivity index (χ0) is 17.4. The summed E-state index contributed by atoms with van der Waals surface area (Å²) in [5.41, 5.74) is 8.26. The van der Waals surface area contributed by atoms with E-state index in [1.54, 1.807) is 36.4 Å². The van der Waals surface area contributed by atoms with Crippen molar-refractivity contribution in [1.29, 1.82) is 0 Å². The average molecular weight is 327 g/mol. The van der Waals surface area contributed by atoms with Crippen molar-refractivity contribution < 1.29 is 19.1 Å². The molecule has 2 rings (SSSR count). The lowest BCUT2D eigenvalue weighted by Crippen LogP contribution is -2.09. The number of rotatable bonds is 7. The largest absolute Gasteiger partial charge is 0.462 e. The van der Waals surface area contributed by atoms with E-state index in [1.807, 2.05) is 19.1 Å². The molecule has 0 radical (unpaired) electrons. The molecule has 0 amide bonds. The summed E-state index contributed by atoms with van der Waals surface area (Å²) in [6.07, 6.45) is 1.26. The van der Waals surface area contributed by atoms with E-state index in [-0.39, 0.29) is 18.5 Å². The summed E-state index contributed by atoms with van der Waals surface area (Å²) in [6, 6.07) is 13.8. The lowest BCUT2D eigenvalue weighted by atomic mass is 10.1. The van der Waals surface area contributed by atoms with Crippen molar-refractivity contribution in [2.75, 3.05) is 18.9 Å². The van der Waals surface area contributed by atoms with E-state index < -0.39 is 0 Å². The van der Waals surface area contributed by atoms with Gasteiger partial charge in [-0.15, -0.1) is 0 Å². The second kappa shape index (κ2) is 8.72. The third kappa shape index (κ3) is 5.43. The van der Waals surface area contributed by atoms with Crippen LogP contribution in [0.5, 0.6) is 0 Å². The van der Waals surface area contributed by atoms with Gasteiger partial charge in [-0.3, -0.25) is 0 Å². The molecule has 5 heteroatoms. The number of ether oxygens (including phenoxy) is 2. The van der Waals surface area contributed by atoms with Gasteiger partial charge in [0.25, 0.3) is 0 Å². The van der Waals surface area contributed by atoms with E-state index in [2.05, 4.69) is 0 Å². The summed E-state index contributed by atoms with van der Waals surface area (Å²) in [7, 11) is 0. The molecule has 24 heavy (non-hydrogen) atoms. The molecule has 0 aliphatic carbocycles. The maximum absolute atomic E-state index is 11.8. The number of anilines is 1. The van der Waals surface area contributed by atoms with Crippen LogP contribution in [0, 0.1) is 6.92 Å². The molecule has 126 valence electrons. The van der Waals surface area contributed by atoms with Crippen LogP contribution in [0.2, 0.25) is 0 Å². The third-order valence-electron chi connectivity index (χ3n) is 3.44. The Morgan fingerprint density at radius 1 is 0.792 bits per heavy atom. The number of aryl methyl sites for hydroxylation is 1. The SMILES string of the molecule is Cc1ccc(C(=O)OCCCCOC(=O)c2ccc(N)cc2)cc1. The first kappa shape index (κ1) is 17.5. The molecule has 0 fully saturated rings. The summed E-state index contributed by atoms with van der Waals surface area (Å²) >= 11 is 0. The Labute approximate surface area is 141 Å². The van der Waals surface area contributed by atoms with E-state index in [4.69, 9.17) is 15.2 Å². The molecule has 0 aliphatic rings. The molecule has 0 aliphatic heterocycles. The zero-order valence-corrected chi connectivity index (χ0v) is 13.7. The predicted octanol–water partition coefficient (Wildman–Crippen LogP) is 3.37. The fraction of sp³-hybridized carbons (Fsp3) is 0.263. The fourth-order valence-electron chi connectivity index (χ4n) is 2.01. The lowest BCUT2D eigenvalue weighted by Gasteiger charge is -2.06. The van der Waals surface area contributed by atoms with Crippen molar-refractivity contribution in [3.63, 3.8) is 0 Å². The highest BCUT2D eigenvalue weighted by Crippen LogP contribution is 2.08. The van der Waals surface area contributed by atoms with E-state index in [0.29, 0.717) is 36.3 Å². The van der Waals surface area contributed by atoms with E-state index in [0.717, 1.165) is 5.56 Å². The van der Waals surface area contributed by atoms with Gasteiger partial charge in [-0.1, -0.05) is 17.7 Å². The number of hydrogen-bond acceptors (Lipinski definition) is 5. The summed E-state index contributed by atoms with van der Waals surface area (Å²) < 4.78 is 10.3. The highest BCUT2D eigenvalue weighted by atomic mass is 16.5. The molecule has 2 N–H and O–H groups in total. The number of nitrogens with two attached hydrogens (primary N) is 1. The summed E-state index contributed by atoms with van der Waals surface area (Å²) in [6.45, 7) is 2.54. The van der Waals surface area contributed by atoms with Crippen molar-refractivity contribution in [2.45, 2.75) is 19.8 Å². The van der Waals surface area contributed by atoms with Crippen molar-refractivity contribution in [3.8, 4) is 0 Å². The van der Waals surface area contributed by atoms with Gasteiger partial charge in [0.1, 0.15) is 0 Å². The third-order valence-corrected chi connectivity index (χ3v) is 3.44. The van der Waals surface area contributed by atoms with Crippen molar-refractivity contribution in [2.24, 2.45) is 0 Å². The molecule has 0 unspecified atom stereocenters. The Morgan fingerprint density at radius 3 is 1.67 bits per heavy atom. The Morgan fingerprint density at radius 2 is 1.21 bits per heavy atom. The van der Waals surface area contributed by atoms with E-state index >= 15 is 0 Å². The lowest BCUT2D eigenvalue weighted by molar-refractivity contribution is 0.0432. The molecule has 0 atom stereocenters. The first-order valence-electron chi connectivity index (χ1n) is 7.83. The van der Waals surface area contributed by atoms with Crippen LogP contribution in [-0.4, -0.2) is 25.2 Å². The molecule has 2 aromatic rings. The number of benzene rings is 2. The molecule has 0 saturated carbocycles. The molecule has 0 bridgehead atoms. The van der Waals surface area contributed by atoms with Crippen LogP contribution in [-0.2, 0) is 9.47 Å². The molecular weight excluding hydrogens is 306 g/mol. The molecule has 0 spiro atoms. The van der Waals surface area contributed by atoms with Crippen LogP contribution in [0.1, 0.15) is 39.1 Å². The molecule has 0 aromatic heterocycles. The summed E-state index contributed by atoms with van der Waals surface area (Å²) in [5.74, 6) is -0.722. The topological polar surface area (TPSA) is 78.6 Å². The summed E-state index contributed by atoms with van der Waals surface area (Å²) in [4.78, 5) is 23.6. The van der Waals surface area contributed by atoms with Gasteiger partial charge >= 0.3 is 11.9 Å². The second-order valence-electron chi connectivity index (χ2n) is 5.47. The minimum absolute atomic E-state index is 0.283. The van der Waals surface area contributed by atoms with Crippen LogP contribution in [0.15, 0.2) is 48.5 Å². The van der Waals surface area contributed by atoms with Gasteiger partial charge in [-0.05, 0) is 56.2 Å². The highest BCUT2D eigenvalue weighted by molar-refractivity contribution is 5.90. The van der Waals surface area contributed by atoms with Crippen LogP contribution in [0.25, 0.3) is 0 Å². The van der Waals surface area contributed by atoms with Crippen molar-refractivity contribution in [1.82, 2.24) is 0 Å². The molecule has 5 nitrogen and oxygen atoms in total. The quantitative estimate of drug-likeness (QED) is 0.479. The number of hydrogen-bond donors (Lipinski definition) is 1. The van der Waals surface area contributed by atoms with Gasteiger partial charge in [-0.25, -0.2) is 9.59 Å². The number of carbonyl (C=O) groups is 2. The standard InChI is InChI=1S/C19H21NO4/c1-14-4-6-15(7-5-14)18(21)23-12-2-3-13-24-19(22)16-8-10-17(20)11-9-16/h4-11H,2-3,12-13,20H2,1H3.